The first kappa shape index (κ1) is 15.5. The summed E-state index contributed by atoms with van der Waals surface area (Å²) in [6, 6.07) is 17.8. The second-order valence-electron chi connectivity index (χ2n) is 6.40. The molecule has 0 aliphatic carbocycles. The first-order valence-electron chi connectivity index (χ1n) is 8.64. The number of carbonyl (C=O) groups excluding carboxylic acids is 1. The molecule has 130 valence electrons. The number of carbonyl (C=O) groups is 1. The lowest BCUT2D eigenvalue weighted by Crippen LogP contribution is -2.40. The van der Waals surface area contributed by atoms with Crippen LogP contribution in [0.5, 0.6) is 11.5 Å². The monoisotopic (exact) mass is 363 g/mol. The summed E-state index contributed by atoms with van der Waals surface area (Å²) in [5.74, 6) is 1.18. The van der Waals surface area contributed by atoms with Crippen molar-refractivity contribution >= 4 is 17.2 Å². The lowest BCUT2D eigenvalue weighted by atomic mass is 9.92. The van der Waals surface area contributed by atoms with Crippen LogP contribution in [0.2, 0.25) is 0 Å². The summed E-state index contributed by atoms with van der Waals surface area (Å²) in [6.45, 7) is 0.854. The van der Waals surface area contributed by atoms with Gasteiger partial charge in [-0.1, -0.05) is 36.4 Å². The molecule has 1 unspecified atom stereocenters. The van der Waals surface area contributed by atoms with Crippen LogP contribution in [-0.4, -0.2) is 24.1 Å². The molecule has 4 nitrogen and oxygen atoms in total. The van der Waals surface area contributed by atoms with E-state index in [0.717, 1.165) is 12.0 Å². The first-order valence-corrected chi connectivity index (χ1v) is 9.51. The first-order chi connectivity index (χ1) is 12.8. The Labute approximate surface area is 155 Å². The maximum Gasteiger partial charge on any atom is 0.258 e. The fourth-order valence-corrected chi connectivity index (χ4v) is 4.69. The quantitative estimate of drug-likeness (QED) is 0.683. The molecule has 0 fully saturated rings. The van der Waals surface area contributed by atoms with Crippen LogP contribution in [0.1, 0.15) is 32.4 Å². The van der Waals surface area contributed by atoms with Crippen molar-refractivity contribution in [3.63, 3.8) is 0 Å². The smallest absolute Gasteiger partial charge is 0.258 e. The molecule has 0 bridgehead atoms. The van der Waals surface area contributed by atoms with Crippen LogP contribution in [-0.2, 0) is 6.42 Å². The Morgan fingerprint density at radius 2 is 1.92 bits per heavy atom. The minimum absolute atomic E-state index is 0.0157. The van der Waals surface area contributed by atoms with Gasteiger partial charge < -0.3 is 14.4 Å². The predicted octanol–water partition coefficient (Wildman–Crippen LogP) is 4.26. The van der Waals surface area contributed by atoms with E-state index >= 15 is 0 Å². The highest BCUT2D eigenvalue weighted by Gasteiger charge is 2.35. The number of hydrogen-bond donors (Lipinski definition) is 0. The van der Waals surface area contributed by atoms with E-state index in [-0.39, 0.29) is 18.7 Å². The van der Waals surface area contributed by atoms with Gasteiger partial charge in [0.05, 0.1) is 11.6 Å². The summed E-state index contributed by atoms with van der Waals surface area (Å²) < 4.78 is 11.0. The maximum atomic E-state index is 13.5. The fraction of sp³-hybridized carbons (Fsp3) is 0.190. The fourth-order valence-electron chi connectivity index (χ4n) is 3.78. The molecule has 2 aliphatic heterocycles. The van der Waals surface area contributed by atoms with Gasteiger partial charge in [0.1, 0.15) is 0 Å². The molecule has 3 aromatic rings. The molecule has 1 aromatic heterocycles. The summed E-state index contributed by atoms with van der Waals surface area (Å²) >= 11 is 1.77. The summed E-state index contributed by atoms with van der Waals surface area (Å²) in [6.07, 6.45) is 0.883. The number of rotatable bonds is 2. The van der Waals surface area contributed by atoms with Gasteiger partial charge in [0.15, 0.2) is 11.5 Å². The van der Waals surface area contributed by atoms with Crippen LogP contribution >= 0.6 is 11.3 Å². The van der Waals surface area contributed by atoms with Gasteiger partial charge >= 0.3 is 0 Å². The Bertz CT molecular complexity index is 966. The van der Waals surface area contributed by atoms with Gasteiger partial charge in [0, 0.05) is 11.4 Å². The van der Waals surface area contributed by atoms with E-state index in [4.69, 9.17) is 9.47 Å². The van der Waals surface area contributed by atoms with Crippen molar-refractivity contribution in [2.75, 3.05) is 13.3 Å². The topological polar surface area (TPSA) is 38.8 Å². The van der Waals surface area contributed by atoms with Crippen molar-refractivity contribution in [1.82, 2.24) is 4.90 Å². The molecule has 0 saturated carbocycles. The normalized spacial score (nSPS) is 17.8. The lowest BCUT2D eigenvalue weighted by Gasteiger charge is -2.36. The summed E-state index contributed by atoms with van der Waals surface area (Å²) in [5.41, 5.74) is 2.93. The van der Waals surface area contributed by atoms with E-state index in [9.17, 15) is 4.79 Å². The zero-order chi connectivity index (χ0) is 17.5. The Balaban J connectivity index is 1.60. The van der Waals surface area contributed by atoms with E-state index < -0.39 is 0 Å². The van der Waals surface area contributed by atoms with Gasteiger partial charge in [-0.05, 0) is 41.1 Å². The van der Waals surface area contributed by atoms with Crippen molar-refractivity contribution < 1.29 is 14.3 Å². The number of nitrogens with zero attached hydrogens (tertiary/aromatic N) is 1. The van der Waals surface area contributed by atoms with Crippen molar-refractivity contribution in [3.8, 4) is 11.5 Å². The highest BCUT2D eigenvalue weighted by Crippen LogP contribution is 2.41. The van der Waals surface area contributed by atoms with Gasteiger partial charge in [0.25, 0.3) is 5.91 Å². The number of benzene rings is 2. The van der Waals surface area contributed by atoms with Crippen LogP contribution < -0.4 is 9.47 Å². The van der Waals surface area contributed by atoms with Gasteiger partial charge in [-0.25, -0.2) is 0 Å². The summed E-state index contributed by atoms with van der Waals surface area (Å²) in [5, 5.41) is 2.12. The average molecular weight is 363 g/mol. The molecule has 5 heteroatoms. The molecule has 3 heterocycles. The van der Waals surface area contributed by atoms with Gasteiger partial charge in [-0.2, -0.15) is 0 Å². The number of thiophene rings is 1. The van der Waals surface area contributed by atoms with Crippen LogP contribution in [0.3, 0.4) is 0 Å². The Hall–Kier alpha value is -2.79. The van der Waals surface area contributed by atoms with Crippen LogP contribution in [0, 0.1) is 0 Å². The van der Waals surface area contributed by atoms with E-state index in [1.165, 1.54) is 10.4 Å². The van der Waals surface area contributed by atoms with Crippen molar-refractivity contribution in [2.24, 2.45) is 0 Å². The molecule has 26 heavy (non-hydrogen) atoms. The SMILES string of the molecule is O=C(c1cccc2c1OCO2)N1CCc2sccc2C1c1ccccc1. The number of fused-ring (bicyclic) bond motifs is 2. The zero-order valence-electron chi connectivity index (χ0n) is 14.1. The third kappa shape index (κ3) is 2.39. The van der Waals surface area contributed by atoms with Crippen molar-refractivity contribution in [3.05, 3.63) is 81.5 Å². The minimum Gasteiger partial charge on any atom is -0.454 e. The summed E-state index contributed by atoms with van der Waals surface area (Å²) in [4.78, 5) is 16.8. The van der Waals surface area contributed by atoms with E-state index in [1.807, 2.05) is 41.3 Å². The molecule has 0 saturated heterocycles. The molecule has 2 aromatic carbocycles. The predicted molar refractivity (Wildman–Crippen MR) is 99.9 cm³/mol. The van der Waals surface area contributed by atoms with Gasteiger partial charge in [0.2, 0.25) is 6.79 Å². The molecule has 0 radical (unpaired) electrons. The molecular weight excluding hydrogens is 346 g/mol. The minimum atomic E-state index is -0.0723. The molecule has 1 atom stereocenters. The van der Waals surface area contributed by atoms with Crippen molar-refractivity contribution in [1.29, 1.82) is 0 Å². The third-order valence-electron chi connectivity index (χ3n) is 4.97. The third-order valence-corrected chi connectivity index (χ3v) is 5.97. The largest absolute Gasteiger partial charge is 0.454 e. The molecule has 0 spiro atoms. The number of amides is 1. The highest BCUT2D eigenvalue weighted by molar-refractivity contribution is 7.10. The summed E-state index contributed by atoms with van der Waals surface area (Å²) in [7, 11) is 0. The van der Waals surface area contributed by atoms with E-state index in [2.05, 4.69) is 23.6 Å². The lowest BCUT2D eigenvalue weighted by molar-refractivity contribution is 0.0691. The van der Waals surface area contributed by atoms with Crippen LogP contribution in [0.4, 0.5) is 0 Å². The van der Waals surface area contributed by atoms with E-state index in [1.54, 1.807) is 11.3 Å². The Morgan fingerprint density at radius 1 is 1.04 bits per heavy atom. The second-order valence-corrected chi connectivity index (χ2v) is 7.40. The highest BCUT2D eigenvalue weighted by atomic mass is 32.1. The molecular formula is C21H17NO3S. The number of ether oxygens (including phenoxy) is 2. The van der Waals surface area contributed by atoms with Gasteiger partial charge in [-0.15, -0.1) is 11.3 Å². The van der Waals surface area contributed by atoms with Crippen LogP contribution in [0.15, 0.2) is 60.0 Å². The average Bonchev–Trinajstić information content (AvgIpc) is 3.36. The molecule has 0 N–H and O–H groups in total. The molecule has 2 aliphatic rings. The Kier molecular flexibility index (Phi) is 3.68. The maximum absolute atomic E-state index is 13.5. The molecule has 5 rings (SSSR count). The van der Waals surface area contributed by atoms with Crippen molar-refractivity contribution in [2.45, 2.75) is 12.5 Å². The second kappa shape index (κ2) is 6.18. The Morgan fingerprint density at radius 3 is 2.81 bits per heavy atom. The van der Waals surface area contributed by atoms with Crippen LogP contribution in [0.25, 0.3) is 0 Å². The number of para-hydroxylation sites is 1. The molecule has 1 amide bonds. The number of hydrogen-bond acceptors (Lipinski definition) is 4. The van der Waals surface area contributed by atoms with E-state index in [0.29, 0.717) is 23.6 Å². The van der Waals surface area contributed by atoms with Gasteiger partial charge in [-0.3, -0.25) is 4.79 Å². The zero-order valence-corrected chi connectivity index (χ0v) is 14.9. The standard InChI is InChI=1S/C21H17NO3S/c23-21(16-7-4-8-17-20(16)25-13-24-17)22-11-9-18-15(10-12-26-18)19(22)14-5-2-1-3-6-14/h1-8,10,12,19H,9,11,13H2.